The summed E-state index contributed by atoms with van der Waals surface area (Å²) in [6.07, 6.45) is 0.316. The zero-order valence-electron chi connectivity index (χ0n) is 17.0. The van der Waals surface area contributed by atoms with Crippen LogP contribution in [0.3, 0.4) is 0 Å². The second kappa shape index (κ2) is 11.0. The number of esters is 2. The molecule has 0 saturated carbocycles. The van der Waals surface area contributed by atoms with Gasteiger partial charge in [0.15, 0.2) is 0 Å². The summed E-state index contributed by atoms with van der Waals surface area (Å²) in [6.45, 7) is -0.426. The Balaban J connectivity index is 1.87. The van der Waals surface area contributed by atoms with Crippen molar-refractivity contribution in [3.05, 3.63) is 88.0 Å². The van der Waals surface area contributed by atoms with Gasteiger partial charge in [-0.2, -0.15) is 0 Å². The van der Waals surface area contributed by atoms with Gasteiger partial charge >= 0.3 is 11.9 Å². The van der Waals surface area contributed by atoms with E-state index in [0.717, 1.165) is 24.3 Å². The number of nitrogens with zero attached hydrogens (tertiary/aromatic N) is 4. The lowest BCUT2D eigenvalue weighted by molar-refractivity contribution is -0.394. The van der Waals surface area contributed by atoms with Crippen molar-refractivity contribution >= 4 is 34.7 Å². The number of unbranched alkanes of at least 4 members (excludes halogenated alkanes) is 1. The van der Waals surface area contributed by atoms with Crippen molar-refractivity contribution < 1.29 is 38.8 Å². The Bertz CT molecular complexity index is 1020. The largest absolute Gasteiger partial charge is 0.462 e. The van der Waals surface area contributed by atoms with Crippen LogP contribution in [0.25, 0.3) is 0 Å². The number of rotatable bonds is 11. The lowest BCUT2D eigenvalue weighted by Crippen LogP contribution is -2.10. The predicted molar refractivity (Wildman–Crippen MR) is 109 cm³/mol. The number of carbonyl (C=O) groups is 2. The van der Waals surface area contributed by atoms with Gasteiger partial charge in [-0.15, -0.1) is 0 Å². The van der Waals surface area contributed by atoms with E-state index >= 15 is 0 Å². The number of nitro groups is 4. The molecule has 2 aromatic rings. The first kappa shape index (κ1) is 25.2. The maximum absolute atomic E-state index is 12.0. The van der Waals surface area contributed by atoms with Crippen molar-refractivity contribution in [1.82, 2.24) is 0 Å². The van der Waals surface area contributed by atoms with E-state index < -0.39 is 54.4 Å². The van der Waals surface area contributed by atoms with Crippen LogP contribution in [0.4, 0.5) is 22.7 Å². The van der Waals surface area contributed by atoms with Gasteiger partial charge in [-0.25, -0.2) is 9.59 Å². The minimum absolute atomic E-state index is 0.158. The van der Waals surface area contributed by atoms with Gasteiger partial charge in [0, 0.05) is 24.3 Å². The minimum atomic E-state index is -1.03. The van der Waals surface area contributed by atoms with Crippen LogP contribution >= 0.6 is 0 Å². The third-order valence-electron chi connectivity index (χ3n) is 4.12. The van der Waals surface area contributed by atoms with Crippen LogP contribution in [0, 0.1) is 40.5 Å². The highest BCUT2D eigenvalue weighted by Crippen LogP contribution is 2.24. The Morgan fingerprint density at radius 2 is 0.824 bits per heavy atom. The zero-order valence-corrected chi connectivity index (χ0v) is 17.0. The first-order valence-corrected chi connectivity index (χ1v) is 9.21. The molecule has 0 fully saturated rings. The van der Waals surface area contributed by atoms with E-state index in [9.17, 15) is 50.0 Å². The molecule has 178 valence electrons. The van der Waals surface area contributed by atoms with Gasteiger partial charge in [0.2, 0.25) is 0 Å². The summed E-state index contributed by atoms with van der Waals surface area (Å²) in [7, 11) is 0. The molecule has 0 N–H and O–H groups in total. The predicted octanol–water partition coefficient (Wildman–Crippen LogP) is 3.11. The molecule has 2 rings (SSSR count). The first-order chi connectivity index (χ1) is 16.0. The first-order valence-electron chi connectivity index (χ1n) is 9.21. The van der Waals surface area contributed by atoms with E-state index in [1.165, 1.54) is 0 Å². The fourth-order valence-corrected chi connectivity index (χ4v) is 2.55. The van der Waals surface area contributed by atoms with Crippen molar-refractivity contribution in [3.8, 4) is 0 Å². The second-order valence-corrected chi connectivity index (χ2v) is 6.48. The standard InChI is InChI=1S/C18H14N4O12/c23-17(11-5-13(19(25)26)9-14(6-11)20(27)28)33-3-1-2-4-34-18(24)12-7-15(21(29)30)10-16(8-12)22(31)32/h5-10H,1-4H2. The smallest absolute Gasteiger partial charge is 0.338 e. The maximum Gasteiger partial charge on any atom is 0.338 e. The minimum Gasteiger partial charge on any atom is -0.462 e. The molecule has 0 aromatic heterocycles. The summed E-state index contributed by atoms with van der Waals surface area (Å²) in [5.41, 5.74) is -3.41. The molecule has 0 heterocycles. The number of nitro benzene ring substituents is 4. The molecule has 0 amide bonds. The summed E-state index contributed by atoms with van der Waals surface area (Å²) in [5.74, 6) is -2.07. The van der Waals surface area contributed by atoms with Crippen LogP contribution in [-0.4, -0.2) is 44.8 Å². The fourth-order valence-electron chi connectivity index (χ4n) is 2.55. The van der Waals surface area contributed by atoms with Crippen LogP contribution in [0.15, 0.2) is 36.4 Å². The second-order valence-electron chi connectivity index (χ2n) is 6.48. The molecular weight excluding hydrogens is 464 g/mol. The van der Waals surface area contributed by atoms with Crippen LogP contribution in [0.5, 0.6) is 0 Å². The van der Waals surface area contributed by atoms with Gasteiger partial charge < -0.3 is 9.47 Å². The topological polar surface area (TPSA) is 225 Å². The molecule has 0 bridgehead atoms. The Kier molecular flexibility index (Phi) is 8.19. The zero-order chi connectivity index (χ0) is 25.4. The summed E-state index contributed by atoms with van der Waals surface area (Å²) in [6, 6.07) is 4.71. The maximum atomic E-state index is 12.0. The van der Waals surface area contributed by atoms with Gasteiger partial charge in [-0.05, 0) is 12.8 Å². The third-order valence-corrected chi connectivity index (χ3v) is 4.12. The number of non-ortho nitro benzene ring substituents is 4. The highest BCUT2D eigenvalue weighted by molar-refractivity contribution is 5.91. The average molecular weight is 478 g/mol. The lowest BCUT2D eigenvalue weighted by Gasteiger charge is -2.07. The van der Waals surface area contributed by atoms with Crippen LogP contribution < -0.4 is 0 Å². The molecule has 0 spiro atoms. The van der Waals surface area contributed by atoms with Gasteiger partial charge in [-0.1, -0.05) is 0 Å². The van der Waals surface area contributed by atoms with E-state index in [-0.39, 0.29) is 37.2 Å². The number of ether oxygens (including phenoxy) is 2. The van der Waals surface area contributed by atoms with Gasteiger partial charge in [0.1, 0.15) is 0 Å². The highest BCUT2D eigenvalue weighted by Gasteiger charge is 2.22. The van der Waals surface area contributed by atoms with Crippen molar-refractivity contribution in [2.75, 3.05) is 13.2 Å². The molecule has 0 aliphatic carbocycles. The highest BCUT2D eigenvalue weighted by atomic mass is 16.6. The molecule has 0 aliphatic rings. The van der Waals surface area contributed by atoms with Crippen molar-refractivity contribution in [2.45, 2.75) is 12.8 Å². The summed E-state index contributed by atoms with van der Waals surface area (Å²) < 4.78 is 9.80. The third kappa shape index (κ3) is 6.74. The number of carbonyl (C=O) groups excluding carboxylic acids is 2. The monoisotopic (exact) mass is 478 g/mol. The van der Waals surface area contributed by atoms with Crippen LogP contribution in [0.1, 0.15) is 33.6 Å². The van der Waals surface area contributed by atoms with Crippen molar-refractivity contribution in [1.29, 1.82) is 0 Å². The van der Waals surface area contributed by atoms with Crippen LogP contribution in [0.2, 0.25) is 0 Å². The molecule has 16 nitrogen and oxygen atoms in total. The van der Waals surface area contributed by atoms with Crippen LogP contribution in [-0.2, 0) is 9.47 Å². The number of benzene rings is 2. The molecule has 0 saturated heterocycles. The molecule has 0 unspecified atom stereocenters. The van der Waals surface area contributed by atoms with E-state index in [1.807, 2.05) is 0 Å². The number of hydrogen-bond acceptors (Lipinski definition) is 12. The van der Waals surface area contributed by atoms with E-state index in [2.05, 4.69) is 0 Å². The Labute approximate surface area is 188 Å². The molecule has 0 aliphatic heterocycles. The average Bonchev–Trinajstić information content (AvgIpc) is 2.80. The Hall–Kier alpha value is -5.02. The normalized spacial score (nSPS) is 10.2. The molecule has 0 radical (unpaired) electrons. The summed E-state index contributed by atoms with van der Waals surface area (Å²) >= 11 is 0. The summed E-state index contributed by atoms with van der Waals surface area (Å²) in [5, 5.41) is 43.5. The Morgan fingerprint density at radius 3 is 1.06 bits per heavy atom. The van der Waals surface area contributed by atoms with Gasteiger partial charge in [0.05, 0.1) is 56.2 Å². The SMILES string of the molecule is O=C(OCCCCOC(=O)c1cc([N+](=O)[O-])cc([N+](=O)[O-])c1)c1cc([N+](=O)[O-])cc([N+](=O)[O-])c1. The molecule has 2 aromatic carbocycles. The molecule has 34 heavy (non-hydrogen) atoms. The Morgan fingerprint density at radius 1 is 0.559 bits per heavy atom. The fraction of sp³-hybridized carbons (Fsp3) is 0.222. The van der Waals surface area contributed by atoms with E-state index in [1.54, 1.807) is 0 Å². The van der Waals surface area contributed by atoms with Gasteiger partial charge in [-0.3, -0.25) is 40.5 Å². The molecular formula is C18H14N4O12. The van der Waals surface area contributed by atoms with Gasteiger partial charge in [0.25, 0.3) is 22.7 Å². The van der Waals surface area contributed by atoms with Crippen molar-refractivity contribution in [3.63, 3.8) is 0 Å². The summed E-state index contributed by atoms with van der Waals surface area (Å²) in [4.78, 5) is 64.0. The van der Waals surface area contributed by atoms with Crippen molar-refractivity contribution in [2.24, 2.45) is 0 Å². The molecule has 16 heteroatoms. The number of hydrogen-bond donors (Lipinski definition) is 0. The van der Waals surface area contributed by atoms with E-state index in [4.69, 9.17) is 9.47 Å². The van der Waals surface area contributed by atoms with E-state index in [0.29, 0.717) is 12.1 Å². The molecule has 0 atom stereocenters. The quantitative estimate of drug-likeness (QED) is 0.196. The lowest BCUT2D eigenvalue weighted by atomic mass is 10.1.